The van der Waals surface area contributed by atoms with Crippen molar-refractivity contribution in [2.45, 2.75) is 88.9 Å². The molecule has 18 rings (SSSR count). The van der Waals surface area contributed by atoms with Crippen LogP contribution in [0.15, 0.2) is 40.5 Å². The van der Waals surface area contributed by atoms with Crippen molar-refractivity contribution in [1.82, 2.24) is 0 Å². The quantitative estimate of drug-likeness (QED) is 0.177. The third kappa shape index (κ3) is 1.38. The van der Waals surface area contributed by atoms with Crippen LogP contribution in [0.4, 0.5) is 0 Å². The highest BCUT2D eigenvalue weighted by Gasteiger charge is 2.84. The van der Waals surface area contributed by atoms with Gasteiger partial charge in [-0.25, -0.2) is 0 Å². The highest BCUT2D eigenvalue weighted by atomic mass is 14.9. The number of benzene rings is 2. The Hall–Kier alpha value is -3.38. The topological polar surface area (TPSA) is 0 Å². The molecule has 0 heterocycles. The molecule has 3 fully saturated rings. The fourth-order valence-electron chi connectivity index (χ4n) is 19.4. The van der Waals surface area contributed by atoms with Crippen molar-refractivity contribution in [2.24, 2.45) is 40.4 Å². The van der Waals surface area contributed by atoms with Gasteiger partial charge in [0.25, 0.3) is 0 Å². The lowest BCUT2D eigenvalue weighted by Crippen LogP contribution is -2.80. The Kier molecular flexibility index (Phi) is 2.41. The fourth-order valence-corrected chi connectivity index (χ4v) is 19.4. The lowest BCUT2D eigenvalue weighted by atomic mass is 9.19. The van der Waals surface area contributed by atoms with E-state index < -0.39 is 0 Å². The van der Waals surface area contributed by atoms with Crippen molar-refractivity contribution in [2.75, 3.05) is 0 Å². The summed E-state index contributed by atoms with van der Waals surface area (Å²) in [5.41, 5.74) is 30.2. The summed E-state index contributed by atoms with van der Waals surface area (Å²) in [6, 6.07) is 0. The largest absolute Gasteiger partial charge is 0.0769 e. The first-order valence-electron chi connectivity index (χ1n) is 19.5. The van der Waals surface area contributed by atoms with Crippen LogP contribution >= 0.6 is 0 Å². The van der Waals surface area contributed by atoms with Crippen molar-refractivity contribution < 1.29 is 0 Å². The Morgan fingerprint density at radius 1 is 0.638 bits per heavy atom. The fraction of sp³-hybridized carbons (Fsp3) is 0.447. The van der Waals surface area contributed by atoms with Gasteiger partial charge >= 0.3 is 0 Å². The highest BCUT2D eigenvalue weighted by molar-refractivity contribution is 6.37. The van der Waals surface area contributed by atoms with Gasteiger partial charge in [0.1, 0.15) is 0 Å². The van der Waals surface area contributed by atoms with Crippen molar-refractivity contribution in [3.8, 4) is 0 Å². The van der Waals surface area contributed by atoms with Crippen LogP contribution in [-0.4, -0.2) is 0 Å². The maximum atomic E-state index is 3.06. The molecule has 12 atom stereocenters. The summed E-state index contributed by atoms with van der Waals surface area (Å²) in [5, 5.41) is 12.8. The zero-order valence-electron chi connectivity index (χ0n) is 27.5. The van der Waals surface area contributed by atoms with E-state index in [2.05, 4.69) is 45.9 Å². The van der Waals surface area contributed by atoms with E-state index in [1.807, 2.05) is 87.8 Å². The van der Waals surface area contributed by atoms with Crippen LogP contribution in [0.3, 0.4) is 0 Å². The van der Waals surface area contributed by atoms with Crippen LogP contribution in [0.25, 0.3) is 54.6 Å². The molecular formula is C47H34. The minimum atomic E-state index is 0.177. The number of hydrogen-bond acceptors (Lipinski definition) is 0. The van der Waals surface area contributed by atoms with Crippen molar-refractivity contribution in [3.63, 3.8) is 0 Å². The summed E-state index contributed by atoms with van der Waals surface area (Å²) < 4.78 is 0. The Bertz CT molecular complexity index is 2930. The van der Waals surface area contributed by atoms with Crippen molar-refractivity contribution >= 4 is 54.6 Å². The number of hydrogen-bond donors (Lipinski definition) is 0. The normalized spacial score (nSPS) is 48.6. The summed E-state index contributed by atoms with van der Waals surface area (Å²) in [7, 11) is 0. The van der Waals surface area contributed by atoms with E-state index in [0.29, 0.717) is 35.0 Å². The molecule has 12 unspecified atom stereocenters. The lowest BCUT2D eigenvalue weighted by Gasteiger charge is -2.83. The predicted molar refractivity (Wildman–Crippen MR) is 187 cm³/mol. The molecule has 14 aliphatic rings. The van der Waals surface area contributed by atoms with Crippen LogP contribution in [0.5, 0.6) is 0 Å². The van der Waals surface area contributed by atoms with Crippen LogP contribution in [-0.2, 0) is 5.41 Å². The van der Waals surface area contributed by atoms with Gasteiger partial charge in [-0.05, 0) is 191 Å². The molecule has 4 aromatic rings. The average Bonchev–Trinajstić information content (AvgIpc) is 3.89. The van der Waals surface area contributed by atoms with E-state index in [4.69, 9.17) is 0 Å². The van der Waals surface area contributed by atoms with E-state index in [1.165, 1.54) is 32.1 Å². The van der Waals surface area contributed by atoms with Crippen LogP contribution < -0.4 is 5.22 Å². The van der Waals surface area contributed by atoms with Gasteiger partial charge in [0.15, 0.2) is 0 Å². The van der Waals surface area contributed by atoms with Crippen molar-refractivity contribution in [1.29, 1.82) is 0 Å². The maximum absolute atomic E-state index is 3.06. The van der Waals surface area contributed by atoms with E-state index in [1.54, 1.807) is 38.8 Å². The van der Waals surface area contributed by atoms with Gasteiger partial charge < -0.3 is 0 Å². The third-order valence-electron chi connectivity index (χ3n) is 20.2. The van der Waals surface area contributed by atoms with E-state index in [-0.39, 0.29) is 10.8 Å². The smallest absolute Gasteiger partial charge is 0.0292 e. The van der Waals surface area contributed by atoms with Gasteiger partial charge in [0.05, 0.1) is 0 Å². The first-order valence-corrected chi connectivity index (χ1v) is 19.5. The molecule has 3 saturated carbocycles. The molecule has 0 nitrogen and oxygen atoms in total. The molecule has 0 heteroatoms. The Morgan fingerprint density at radius 2 is 1.47 bits per heavy atom. The molecule has 222 valence electrons. The molecule has 0 aliphatic heterocycles. The molecule has 0 aromatic heterocycles. The predicted octanol–water partition coefficient (Wildman–Crippen LogP) is 10.0. The monoisotopic (exact) mass is 598 g/mol. The molecule has 4 aromatic carbocycles. The Morgan fingerprint density at radius 3 is 2.38 bits per heavy atom. The minimum Gasteiger partial charge on any atom is -0.0769 e. The van der Waals surface area contributed by atoms with Gasteiger partial charge in [-0.2, -0.15) is 0 Å². The van der Waals surface area contributed by atoms with E-state index in [9.17, 15) is 0 Å². The SMILES string of the molecule is CC1=C(C)C2(C)C1(C)C1C3CC4CC5=CC6CC7=CC8CC9CC%10=CC12c1c2c%11c%12c(c5c5c%12c%12c%13c(c9c%10c1c%13%11)C8C%12=C7C56)C4C=23. The third-order valence-corrected chi connectivity index (χ3v) is 20.2. The summed E-state index contributed by atoms with van der Waals surface area (Å²) >= 11 is 0. The van der Waals surface area contributed by atoms with Gasteiger partial charge in [-0.3, -0.25) is 0 Å². The maximum Gasteiger partial charge on any atom is 0.0292 e. The molecule has 0 amide bonds. The first kappa shape index (κ1) is 21.6. The Labute approximate surface area is 273 Å². The number of fused-ring (bicyclic) bond motifs is 3. The van der Waals surface area contributed by atoms with Gasteiger partial charge in [-0.1, -0.05) is 48.8 Å². The second kappa shape index (κ2) is 5.25. The molecule has 0 radical (unpaired) electrons. The van der Waals surface area contributed by atoms with Gasteiger partial charge in [0, 0.05) is 34.0 Å². The van der Waals surface area contributed by atoms with Crippen LogP contribution in [0, 0.1) is 40.4 Å². The number of allylic oxidation sites excluding steroid dienone is 10. The summed E-state index contributed by atoms with van der Waals surface area (Å²) in [6.45, 7) is 10.6. The van der Waals surface area contributed by atoms with Gasteiger partial charge in [-0.15, -0.1) is 0 Å². The Balaban J connectivity index is 1.22. The zero-order valence-corrected chi connectivity index (χ0v) is 27.5. The molecular weight excluding hydrogens is 565 g/mol. The first-order chi connectivity index (χ1) is 22.9. The summed E-state index contributed by atoms with van der Waals surface area (Å²) in [6.07, 6.45) is 15.6. The molecule has 47 heavy (non-hydrogen) atoms. The summed E-state index contributed by atoms with van der Waals surface area (Å²) in [5.74, 6) is 6.39. The minimum absolute atomic E-state index is 0.177. The lowest BCUT2D eigenvalue weighted by molar-refractivity contribution is -0.191. The van der Waals surface area contributed by atoms with E-state index in [0.717, 1.165) is 23.7 Å². The molecule has 0 bridgehead atoms. The molecule has 14 aliphatic carbocycles. The molecule has 0 N–H and O–H groups in total. The number of rotatable bonds is 0. The molecule has 1 spiro atoms. The van der Waals surface area contributed by atoms with Crippen molar-refractivity contribution in [3.05, 3.63) is 90.2 Å². The zero-order chi connectivity index (χ0) is 29.6. The van der Waals surface area contributed by atoms with Crippen LogP contribution in [0.1, 0.15) is 128 Å². The molecule has 0 saturated heterocycles. The summed E-state index contributed by atoms with van der Waals surface area (Å²) in [4.78, 5) is 0. The van der Waals surface area contributed by atoms with Crippen LogP contribution in [0.2, 0.25) is 0 Å². The van der Waals surface area contributed by atoms with E-state index >= 15 is 0 Å². The average molecular weight is 599 g/mol. The second-order valence-electron chi connectivity index (χ2n) is 19.9. The standard InChI is InChI=1S/C47H34/c1-13-14(2)46(4)45(13,3)44-22-11-20-9-18-7-16-5-15-6-17-8-19-10-21-12-47(44,46)43-41-29(21)25(19)33-27(17)31-23(15)24(16)32-28(18)34-26(20)30(22)42(43)40-38(34)36(32)35(31)37(33)39(40)41/h6-7,12,16-17,19-20,22,24,26-27,44H,5,8-11H2,1-4H3. The van der Waals surface area contributed by atoms with Gasteiger partial charge in [0.2, 0.25) is 0 Å². The second-order valence-corrected chi connectivity index (χ2v) is 19.9. The highest BCUT2D eigenvalue weighted by Crippen LogP contribution is 2.90.